The smallest absolute Gasteiger partial charge is 0.227 e. The van der Waals surface area contributed by atoms with E-state index < -0.39 is 0 Å². The van der Waals surface area contributed by atoms with Crippen molar-refractivity contribution < 1.29 is 4.79 Å². The van der Waals surface area contributed by atoms with Crippen LogP contribution in [0.5, 0.6) is 0 Å². The Labute approximate surface area is 95.2 Å². The van der Waals surface area contributed by atoms with Crippen LogP contribution in [-0.4, -0.2) is 18.5 Å². The van der Waals surface area contributed by atoms with E-state index in [4.69, 9.17) is 0 Å². The summed E-state index contributed by atoms with van der Waals surface area (Å²) in [7, 11) is 0. The summed E-state index contributed by atoms with van der Waals surface area (Å²) >= 11 is 0. The van der Waals surface area contributed by atoms with E-state index in [0.717, 1.165) is 25.9 Å². The van der Waals surface area contributed by atoms with E-state index in [-0.39, 0.29) is 11.3 Å². The van der Waals surface area contributed by atoms with Gasteiger partial charge in [-0.1, -0.05) is 30.3 Å². The van der Waals surface area contributed by atoms with Crippen LogP contribution < -0.4 is 10.6 Å². The number of hydrogen-bond acceptors (Lipinski definition) is 2. The van der Waals surface area contributed by atoms with Gasteiger partial charge in [0.2, 0.25) is 5.91 Å². The lowest BCUT2D eigenvalue weighted by Crippen LogP contribution is -2.37. The Kier molecular flexibility index (Phi) is 2.21. The number of carbonyl (C=O) groups excluding carboxylic acids is 1. The quantitative estimate of drug-likeness (QED) is 0.793. The van der Waals surface area contributed by atoms with Gasteiger partial charge in [-0.05, 0) is 18.4 Å². The molecular weight excluding hydrogens is 200 g/mol. The number of nitrogens with one attached hydrogen (secondary N) is 2. The molecule has 1 spiro atoms. The summed E-state index contributed by atoms with van der Waals surface area (Å²) in [6.07, 6.45) is 2.09. The van der Waals surface area contributed by atoms with Crippen LogP contribution in [0.2, 0.25) is 0 Å². The molecule has 2 aliphatic rings. The Balaban J connectivity index is 1.62. The number of amides is 1. The predicted octanol–water partition coefficient (Wildman–Crippen LogP) is 1.05. The molecule has 0 bridgehead atoms. The monoisotopic (exact) mass is 216 g/mol. The van der Waals surface area contributed by atoms with Crippen LogP contribution in [0.25, 0.3) is 0 Å². The highest BCUT2D eigenvalue weighted by atomic mass is 16.2. The van der Waals surface area contributed by atoms with Crippen molar-refractivity contribution in [1.29, 1.82) is 0 Å². The van der Waals surface area contributed by atoms with E-state index in [1.54, 1.807) is 0 Å². The predicted molar refractivity (Wildman–Crippen MR) is 61.7 cm³/mol. The normalized spacial score (nSPS) is 25.8. The molecule has 84 valence electrons. The van der Waals surface area contributed by atoms with Crippen molar-refractivity contribution in [2.75, 3.05) is 6.54 Å². The van der Waals surface area contributed by atoms with Crippen LogP contribution in [0.3, 0.4) is 0 Å². The first-order valence-electron chi connectivity index (χ1n) is 5.87. The third kappa shape index (κ3) is 1.52. The summed E-state index contributed by atoms with van der Waals surface area (Å²) < 4.78 is 0. The molecule has 2 fully saturated rings. The fraction of sp³-hybridized carbons (Fsp3) is 0.462. The molecule has 1 saturated carbocycles. The minimum atomic E-state index is -0.0607. The lowest BCUT2D eigenvalue weighted by molar-refractivity contribution is -0.123. The number of rotatable bonds is 3. The second-order valence-electron chi connectivity index (χ2n) is 4.79. The molecule has 0 aromatic heterocycles. The molecule has 1 atom stereocenters. The van der Waals surface area contributed by atoms with Crippen molar-refractivity contribution in [3.8, 4) is 0 Å². The molecule has 16 heavy (non-hydrogen) atoms. The third-order valence-corrected chi connectivity index (χ3v) is 3.77. The average molecular weight is 216 g/mol. The minimum Gasteiger partial charge on any atom is -0.354 e. The van der Waals surface area contributed by atoms with Crippen LogP contribution >= 0.6 is 0 Å². The highest BCUT2D eigenvalue weighted by Crippen LogP contribution is 2.51. The Morgan fingerprint density at radius 3 is 2.75 bits per heavy atom. The van der Waals surface area contributed by atoms with Crippen LogP contribution in [0.4, 0.5) is 0 Å². The van der Waals surface area contributed by atoms with Gasteiger partial charge in [-0.2, -0.15) is 0 Å². The highest BCUT2D eigenvalue weighted by Gasteiger charge is 2.58. The highest BCUT2D eigenvalue weighted by molar-refractivity contribution is 5.88. The van der Waals surface area contributed by atoms with Gasteiger partial charge in [0.15, 0.2) is 0 Å². The van der Waals surface area contributed by atoms with Crippen LogP contribution in [0.15, 0.2) is 30.3 Å². The maximum Gasteiger partial charge on any atom is 0.227 e. The van der Waals surface area contributed by atoms with Gasteiger partial charge in [0.25, 0.3) is 0 Å². The molecule has 1 heterocycles. The van der Waals surface area contributed by atoms with Crippen molar-refractivity contribution in [3.63, 3.8) is 0 Å². The minimum absolute atomic E-state index is 0.0607. The second-order valence-corrected chi connectivity index (χ2v) is 4.79. The van der Waals surface area contributed by atoms with Gasteiger partial charge in [0.1, 0.15) is 0 Å². The fourth-order valence-electron chi connectivity index (χ4n) is 2.54. The van der Waals surface area contributed by atoms with Crippen molar-refractivity contribution >= 4 is 5.91 Å². The first-order chi connectivity index (χ1) is 7.81. The lowest BCUT2D eigenvalue weighted by Gasteiger charge is -2.17. The van der Waals surface area contributed by atoms with E-state index in [2.05, 4.69) is 22.8 Å². The van der Waals surface area contributed by atoms with Gasteiger partial charge < -0.3 is 10.6 Å². The summed E-state index contributed by atoms with van der Waals surface area (Å²) in [6, 6.07) is 10.6. The fourth-order valence-corrected chi connectivity index (χ4v) is 2.54. The van der Waals surface area contributed by atoms with Gasteiger partial charge in [-0.15, -0.1) is 0 Å². The largest absolute Gasteiger partial charge is 0.354 e. The van der Waals surface area contributed by atoms with Crippen molar-refractivity contribution in [2.45, 2.75) is 25.4 Å². The molecular formula is C13H16N2O. The molecule has 1 aromatic carbocycles. The molecule has 2 N–H and O–H groups in total. The van der Waals surface area contributed by atoms with E-state index in [9.17, 15) is 4.79 Å². The molecule has 1 aromatic rings. The zero-order valence-corrected chi connectivity index (χ0v) is 9.20. The zero-order chi connectivity index (χ0) is 11.0. The molecule has 3 heteroatoms. The molecule has 1 amide bonds. The third-order valence-electron chi connectivity index (χ3n) is 3.77. The Bertz CT molecular complexity index is 398. The van der Waals surface area contributed by atoms with E-state index in [0.29, 0.717) is 6.04 Å². The van der Waals surface area contributed by atoms with Crippen LogP contribution in [-0.2, 0) is 11.3 Å². The first kappa shape index (κ1) is 9.85. The Morgan fingerprint density at radius 2 is 2.06 bits per heavy atom. The number of hydrogen-bond donors (Lipinski definition) is 2. The van der Waals surface area contributed by atoms with Gasteiger partial charge in [-0.25, -0.2) is 0 Å². The molecule has 0 radical (unpaired) electrons. The van der Waals surface area contributed by atoms with Gasteiger partial charge in [0.05, 0.1) is 5.41 Å². The summed E-state index contributed by atoms with van der Waals surface area (Å²) in [4.78, 5) is 11.6. The van der Waals surface area contributed by atoms with E-state index in [1.807, 2.05) is 18.2 Å². The molecule has 1 aliphatic heterocycles. The number of benzene rings is 1. The number of carbonyl (C=O) groups is 1. The topological polar surface area (TPSA) is 41.1 Å². The maximum absolute atomic E-state index is 11.6. The van der Waals surface area contributed by atoms with Crippen molar-refractivity contribution in [1.82, 2.24) is 10.6 Å². The summed E-state index contributed by atoms with van der Waals surface area (Å²) in [5.41, 5.74) is 1.21. The standard InChI is InChI=1S/C13H16N2O/c16-12-13(6-7-13)11(9-15-12)14-8-10-4-2-1-3-5-10/h1-5,11,14H,6-9H2,(H,15,16). The summed E-state index contributed by atoms with van der Waals surface area (Å²) in [6.45, 7) is 1.63. The SMILES string of the molecule is O=C1NCC(NCc2ccccc2)C12CC2. The van der Waals surface area contributed by atoms with Gasteiger partial charge in [0, 0.05) is 19.1 Å². The average Bonchev–Trinajstić information content (AvgIpc) is 3.05. The van der Waals surface area contributed by atoms with Gasteiger partial charge >= 0.3 is 0 Å². The lowest BCUT2D eigenvalue weighted by atomic mass is 10.00. The molecule has 3 nitrogen and oxygen atoms in total. The van der Waals surface area contributed by atoms with Crippen LogP contribution in [0, 0.1) is 5.41 Å². The van der Waals surface area contributed by atoms with Crippen LogP contribution in [0.1, 0.15) is 18.4 Å². The summed E-state index contributed by atoms with van der Waals surface area (Å²) in [5, 5.41) is 6.45. The molecule has 1 unspecified atom stereocenters. The molecule has 3 rings (SSSR count). The van der Waals surface area contributed by atoms with E-state index >= 15 is 0 Å². The van der Waals surface area contributed by atoms with Crippen molar-refractivity contribution in [3.05, 3.63) is 35.9 Å². The Hall–Kier alpha value is -1.35. The maximum atomic E-state index is 11.6. The molecule has 1 saturated heterocycles. The Morgan fingerprint density at radius 1 is 1.31 bits per heavy atom. The van der Waals surface area contributed by atoms with E-state index in [1.165, 1.54) is 5.56 Å². The summed E-state index contributed by atoms with van der Waals surface area (Å²) in [5.74, 6) is 0.248. The van der Waals surface area contributed by atoms with Gasteiger partial charge in [-0.3, -0.25) is 4.79 Å². The zero-order valence-electron chi connectivity index (χ0n) is 9.20. The molecule has 1 aliphatic carbocycles. The van der Waals surface area contributed by atoms with Crippen molar-refractivity contribution in [2.24, 2.45) is 5.41 Å². The first-order valence-corrected chi connectivity index (χ1v) is 5.87. The second kappa shape index (κ2) is 3.59.